The van der Waals surface area contributed by atoms with E-state index in [2.05, 4.69) is 27.4 Å². The monoisotopic (exact) mass is 586 g/mol. The van der Waals surface area contributed by atoms with Crippen LogP contribution in [0.3, 0.4) is 0 Å². The van der Waals surface area contributed by atoms with Crippen LogP contribution in [0, 0.1) is 28.6 Å². The molecule has 0 radical (unpaired) electrons. The van der Waals surface area contributed by atoms with Gasteiger partial charge in [0.05, 0.1) is 25.3 Å². The molecule has 8 atom stereocenters. The van der Waals surface area contributed by atoms with Gasteiger partial charge in [0, 0.05) is 23.7 Å². The summed E-state index contributed by atoms with van der Waals surface area (Å²) in [6, 6.07) is -0.895. The first-order valence-electron chi connectivity index (χ1n) is 14.8. The fourth-order valence-electron chi connectivity index (χ4n) is 8.73. The minimum absolute atomic E-state index is 0.0134. The number of hydrogen-bond donors (Lipinski definition) is 5. The molecule has 0 aliphatic heterocycles. The van der Waals surface area contributed by atoms with E-state index in [-0.39, 0.29) is 36.2 Å². The number of Topliss-reactive ketones (excluding diaryl/α,β-unsaturated/α-hetero) is 1. The molecule has 0 bridgehead atoms. The molecule has 1 heterocycles. The highest BCUT2D eigenvalue weighted by atomic mass is 16.6. The second-order valence-electron chi connectivity index (χ2n) is 12.9. The number of nitrogens with one attached hydrogen (secondary N) is 2. The van der Waals surface area contributed by atoms with Gasteiger partial charge in [-0.1, -0.05) is 24.6 Å². The molecule has 3 saturated carbocycles. The number of carbonyl (C=O) groups is 3. The Morgan fingerprint density at radius 3 is 2.71 bits per heavy atom. The molecule has 4 aliphatic carbocycles. The van der Waals surface area contributed by atoms with Crippen LogP contribution in [0.1, 0.15) is 64.5 Å². The van der Waals surface area contributed by atoms with E-state index in [1.165, 1.54) is 19.0 Å². The molecule has 0 aromatic carbocycles. The number of nitrogens with zero attached hydrogens (tertiary/aromatic N) is 2. The van der Waals surface area contributed by atoms with E-state index in [1.54, 1.807) is 6.20 Å². The van der Waals surface area contributed by atoms with Crippen LogP contribution in [-0.2, 0) is 30.4 Å². The summed E-state index contributed by atoms with van der Waals surface area (Å²) in [6.45, 7) is 3.05. The number of allylic oxidation sites excluding steroid dienone is 2. The highest BCUT2D eigenvalue weighted by Crippen LogP contribution is 2.67. The number of aliphatic hydroxyl groups is 3. The minimum atomic E-state index is -1.61. The summed E-state index contributed by atoms with van der Waals surface area (Å²) in [5, 5.41) is 39.3. The molecule has 3 unspecified atom stereocenters. The van der Waals surface area contributed by atoms with Crippen molar-refractivity contribution in [1.82, 2.24) is 15.3 Å². The van der Waals surface area contributed by atoms with E-state index >= 15 is 0 Å². The zero-order chi connectivity index (χ0) is 30.3. The Morgan fingerprint density at radius 2 is 2.02 bits per heavy atom. The molecule has 4 aliphatic rings. The van der Waals surface area contributed by atoms with Crippen molar-refractivity contribution in [2.45, 2.75) is 83.0 Å². The molecule has 5 rings (SSSR count). The summed E-state index contributed by atoms with van der Waals surface area (Å²) in [6.07, 6.45) is 8.90. The van der Waals surface area contributed by atoms with Gasteiger partial charge < -0.3 is 35.2 Å². The Hall–Kier alpha value is -3.09. The Labute approximate surface area is 244 Å². The van der Waals surface area contributed by atoms with Crippen LogP contribution in [0.5, 0.6) is 0 Å². The second kappa shape index (κ2) is 11.5. The molecule has 12 nitrogen and oxygen atoms in total. The number of rotatable bonds is 9. The maximum Gasteiger partial charge on any atom is 0.328 e. The van der Waals surface area contributed by atoms with E-state index in [0.29, 0.717) is 31.4 Å². The highest BCUT2D eigenvalue weighted by molar-refractivity contribution is 5.96. The number of aliphatic hydroxyl groups excluding tert-OH is 2. The fourth-order valence-corrected chi connectivity index (χ4v) is 8.73. The van der Waals surface area contributed by atoms with E-state index in [9.17, 15) is 29.7 Å². The molecule has 1 amide bonds. The van der Waals surface area contributed by atoms with Crippen molar-refractivity contribution >= 4 is 23.4 Å². The molecule has 3 fully saturated rings. The van der Waals surface area contributed by atoms with Crippen molar-refractivity contribution in [2.75, 3.05) is 20.3 Å². The first kappa shape index (κ1) is 30.4. The number of esters is 1. The molecule has 12 heteroatoms. The van der Waals surface area contributed by atoms with Gasteiger partial charge in [0.25, 0.3) is 5.91 Å². The molecule has 1 aromatic heterocycles. The molecule has 0 saturated heterocycles. The smallest absolute Gasteiger partial charge is 0.328 e. The zero-order valence-corrected chi connectivity index (χ0v) is 24.5. The number of oxime groups is 1. The minimum Gasteiger partial charge on any atom is -0.467 e. The lowest BCUT2D eigenvalue weighted by Crippen LogP contribution is -2.62. The first-order valence-corrected chi connectivity index (χ1v) is 14.8. The summed E-state index contributed by atoms with van der Waals surface area (Å²) < 4.78 is 4.80. The molecule has 5 N–H and O–H groups in total. The van der Waals surface area contributed by atoms with Crippen LogP contribution in [0.25, 0.3) is 0 Å². The van der Waals surface area contributed by atoms with Gasteiger partial charge in [-0.25, -0.2) is 9.78 Å². The van der Waals surface area contributed by atoms with Crippen LogP contribution in [0.2, 0.25) is 0 Å². The van der Waals surface area contributed by atoms with Gasteiger partial charge in [0.15, 0.2) is 12.4 Å². The number of hydrogen-bond acceptors (Lipinski definition) is 10. The lowest BCUT2D eigenvalue weighted by Gasteiger charge is -2.60. The third kappa shape index (κ3) is 5.07. The number of amides is 1. The maximum atomic E-state index is 12.6. The summed E-state index contributed by atoms with van der Waals surface area (Å²) in [5.74, 6) is -1.41. The zero-order valence-electron chi connectivity index (χ0n) is 24.5. The van der Waals surface area contributed by atoms with E-state index < -0.39 is 47.4 Å². The molecule has 230 valence electrons. The van der Waals surface area contributed by atoms with Gasteiger partial charge in [0.2, 0.25) is 0 Å². The van der Waals surface area contributed by atoms with Crippen LogP contribution in [0.15, 0.2) is 29.3 Å². The maximum absolute atomic E-state index is 12.6. The number of aromatic nitrogens is 2. The molecular formula is C30H42N4O8. The SMILES string of the molecule is COC(=O)C(Cc1cnc[nH]1)NC(=O)CO/N=C1/C=C2CC[C@@H]3[C@H]([C@H](O)CC4(C)[C@H]3CC[C@]4(O)C(=O)CO)C2(C)CC1. The fraction of sp³-hybridized carbons (Fsp3) is 0.700. The van der Waals surface area contributed by atoms with Crippen molar-refractivity contribution in [3.05, 3.63) is 29.9 Å². The Kier molecular flexibility index (Phi) is 8.34. The van der Waals surface area contributed by atoms with Crippen LogP contribution in [0.4, 0.5) is 0 Å². The summed E-state index contributed by atoms with van der Waals surface area (Å²) in [4.78, 5) is 49.4. The Balaban J connectivity index is 1.24. The topological polar surface area (TPSA) is 183 Å². The third-order valence-corrected chi connectivity index (χ3v) is 10.8. The van der Waals surface area contributed by atoms with E-state index in [1.807, 2.05) is 13.0 Å². The van der Waals surface area contributed by atoms with Crippen molar-refractivity contribution in [3.8, 4) is 0 Å². The largest absolute Gasteiger partial charge is 0.467 e. The van der Waals surface area contributed by atoms with Gasteiger partial charge in [-0.2, -0.15) is 0 Å². The van der Waals surface area contributed by atoms with Crippen molar-refractivity contribution in [3.63, 3.8) is 0 Å². The summed E-state index contributed by atoms with van der Waals surface area (Å²) in [7, 11) is 1.26. The number of fused-ring (bicyclic) bond motifs is 5. The van der Waals surface area contributed by atoms with Gasteiger partial charge in [-0.3, -0.25) is 9.59 Å². The van der Waals surface area contributed by atoms with E-state index in [0.717, 1.165) is 25.0 Å². The normalized spacial score (nSPS) is 37.1. The average molecular weight is 587 g/mol. The number of carbonyl (C=O) groups excluding carboxylic acids is 3. The van der Waals surface area contributed by atoms with Crippen LogP contribution < -0.4 is 5.32 Å². The number of imidazole rings is 1. The number of aromatic amines is 1. The van der Waals surface area contributed by atoms with E-state index in [4.69, 9.17) is 9.57 Å². The third-order valence-electron chi connectivity index (χ3n) is 10.8. The molecule has 1 aromatic rings. The molecule has 0 spiro atoms. The van der Waals surface area contributed by atoms with Crippen LogP contribution in [-0.4, -0.2) is 86.7 Å². The predicted octanol–water partition coefficient (Wildman–Crippen LogP) is 1.21. The summed E-state index contributed by atoms with van der Waals surface area (Å²) >= 11 is 0. The molecule has 42 heavy (non-hydrogen) atoms. The molecular weight excluding hydrogens is 544 g/mol. The van der Waals surface area contributed by atoms with Gasteiger partial charge in [0.1, 0.15) is 18.2 Å². The van der Waals surface area contributed by atoms with Gasteiger partial charge in [-0.15, -0.1) is 0 Å². The summed E-state index contributed by atoms with van der Waals surface area (Å²) in [5.41, 5.74) is -0.0624. The predicted molar refractivity (Wildman–Crippen MR) is 150 cm³/mol. The first-order chi connectivity index (χ1) is 20.0. The number of H-pyrrole nitrogens is 1. The lowest BCUT2D eigenvalue weighted by molar-refractivity contribution is -0.181. The number of methoxy groups -OCH3 is 1. The quantitative estimate of drug-likeness (QED) is 0.210. The Morgan fingerprint density at radius 1 is 1.24 bits per heavy atom. The highest BCUT2D eigenvalue weighted by Gasteiger charge is 2.68. The van der Waals surface area contributed by atoms with Gasteiger partial charge in [-0.05, 0) is 74.2 Å². The van der Waals surface area contributed by atoms with Crippen molar-refractivity contribution in [2.24, 2.45) is 33.7 Å². The standard InChI is InChI=1S/C30H42N4O8/c1-28-8-6-18(34-42-15-25(38)33-22(27(39)41-3)11-19-13-31-16-32-19)10-17(28)4-5-20-21-7-9-30(40,24(37)14-35)29(21,2)12-23(36)26(20)28/h10,13,16,20-23,26,35-36,40H,4-9,11-12,14-15H2,1-3H3,(H,31,32)(H,33,38)/b34-18+/t20-,21-,22?,23+,26+,28?,29?,30-/m0/s1. The van der Waals surface area contributed by atoms with Gasteiger partial charge >= 0.3 is 5.97 Å². The van der Waals surface area contributed by atoms with Crippen molar-refractivity contribution in [1.29, 1.82) is 0 Å². The Bertz CT molecular complexity index is 1260. The average Bonchev–Trinajstić information content (AvgIpc) is 3.57. The lowest BCUT2D eigenvalue weighted by atomic mass is 9.45. The second-order valence-corrected chi connectivity index (χ2v) is 12.9. The number of ether oxygens (including phenoxy) is 1. The van der Waals surface area contributed by atoms with Crippen LogP contribution >= 0.6 is 0 Å². The van der Waals surface area contributed by atoms with Crippen molar-refractivity contribution < 1.29 is 39.3 Å². The number of ketones is 1.